The van der Waals surface area contributed by atoms with E-state index in [9.17, 15) is 13.2 Å². The zero-order valence-corrected chi connectivity index (χ0v) is 18.4. The minimum absolute atomic E-state index is 0.0614. The van der Waals surface area contributed by atoms with Crippen LogP contribution in [-0.4, -0.2) is 46.9 Å². The summed E-state index contributed by atoms with van der Waals surface area (Å²) in [5.74, 6) is -0.0365. The standard InChI is InChI=1S/C20H22ClN5O3S/c1-4-26(5-2)30(28,29)14-11-10-13(3)16(12-14)19(27)23-20-22-18(24-25-20)15-8-6-7-9-17(15)21/h6-12H,4-5H2,1-3H3,(H2,22,23,24,25,27). The maximum absolute atomic E-state index is 12.8. The normalized spacial score (nSPS) is 11.6. The first-order valence-electron chi connectivity index (χ1n) is 9.37. The van der Waals surface area contributed by atoms with Crippen molar-refractivity contribution in [1.29, 1.82) is 0 Å². The van der Waals surface area contributed by atoms with Crippen LogP contribution in [0.2, 0.25) is 5.02 Å². The molecule has 0 aliphatic carbocycles. The molecule has 0 saturated carbocycles. The average Bonchev–Trinajstić information content (AvgIpc) is 3.17. The van der Waals surface area contributed by atoms with Gasteiger partial charge in [-0.25, -0.2) is 8.42 Å². The number of rotatable bonds is 7. The second-order valence-electron chi connectivity index (χ2n) is 6.51. The van der Waals surface area contributed by atoms with Gasteiger partial charge in [0.05, 0.1) is 9.92 Å². The van der Waals surface area contributed by atoms with Gasteiger partial charge in [-0.15, -0.1) is 5.10 Å². The number of benzene rings is 2. The van der Waals surface area contributed by atoms with Gasteiger partial charge in [0.25, 0.3) is 5.91 Å². The number of hydrogen-bond acceptors (Lipinski definition) is 5. The van der Waals surface area contributed by atoms with Crippen LogP contribution in [0.1, 0.15) is 29.8 Å². The molecule has 0 bridgehead atoms. The zero-order chi connectivity index (χ0) is 21.9. The topological polar surface area (TPSA) is 108 Å². The summed E-state index contributed by atoms with van der Waals surface area (Å²) in [5.41, 5.74) is 1.51. The van der Waals surface area contributed by atoms with Gasteiger partial charge in [0.1, 0.15) is 0 Å². The second kappa shape index (κ2) is 8.95. The fourth-order valence-corrected chi connectivity index (χ4v) is 4.69. The largest absolute Gasteiger partial charge is 0.289 e. The lowest BCUT2D eigenvalue weighted by Crippen LogP contribution is -2.30. The second-order valence-corrected chi connectivity index (χ2v) is 8.85. The highest BCUT2D eigenvalue weighted by Gasteiger charge is 2.24. The van der Waals surface area contributed by atoms with Gasteiger partial charge in [-0.3, -0.25) is 15.2 Å². The number of aryl methyl sites for hydroxylation is 1. The summed E-state index contributed by atoms with van der Waals surface area (Å²) in [5, 5.41) is 9.84. The molecule has 0 aliphatic heterocycles. The molecule has 3 rings (SSSR count). The summed E-state index contributed by atoms with van der Waals surface area (Å²) in [6, 6.07) is 11.6. The van der Waals surface area contributed by atoms with E-state index in [1.165, 1.54) is 16.4 Å². The molecule has 0 radical (unpaired) electrons. The van der Waals surface area contributed by atoms with E-state index in [1.54, 1.807) is 45.0 Å². The number of aromatic amines is 1. The Bertz CT molecular complexity index is 1170. The van der Waals surface area contributed by atoms with Crippen LogP contribution in [0.3, 0.4) is 0 Å². The predicted octanol–water partition coefficient (Wildman–Crippen LogP) is 3.72. The van der Waals surface area contributed by atoms with Crippen molar-refractivity contribution in [3.8, 4) is 11.4 Å². The maximum Gasteiger partial charge on any atom is 0.258 e. The van der Waals surface area contributed by atoms with Gasteiger partial charge >= 0.3 is 0 Å². The summed E-state index contributed by atoms with van der Waals surface area (Å²) in [7, 11) is -3.68. The van der Waals surface area contributed by atoms with Crippen LogP contribution in [0.15, 0.2) is 47.4 Å². The molecule has 0 spiro atoms. The summed E-state index contributed by atoms with van der Waals surface area (Å²) in [6.45, 7) is 5.95. The molecular formula is C20H22ClN5O3S. The molecule has 2 N–H and O–H groups in total. The van der Waals surface area contributed by atoms with Crippen LogP contribution in [0.4, 0.5) is 5.95 Å². The average molecular weight is 448 g/mol. The van der Waals surface area contributed by atoms with Gasteiger partial charge in [-0.2, -0.15) is 9.29 Å². The van der Waals surface area contributed by atoms with E-state index in [-0.39, 0.29) is 16.4 Å². The SMILES string of the molecule is CCN(CC)S(=O)(=O)c1ccc(C)c(C(=O)Nc2n[nH]c(-c3ccccc3Cl)n2)c1. The van der Waals surface area contributed by atoms with E-state index in [2.05, 4.69) is 20.5 Å². The predicted molar refractivity (Wildman–Crippen MR) is 116 cm³/mol. The zero-order valence-electron chi connectivity index (χ0n) is 16.8. The fraction of sp³-hybridized carbons (Fsp3) is 0.250. The third kappa shape index (κ3) is 4.38. The molecule has 1 aromatic heterocycles. The maximum atomic E-state index is 12.8. The van der Waals surface area contributed by atoms with Crippen molar-refractivity contribution in [2.45, 2.75) is 25.7 Å². The van der Waals surface area contributed by atoms with E-state index in [4.69, 9.17) is 11.6 Å². The molecular weight excluding hydrogens is 426 g/mol. The van der Waals surface area contributed by atoms with Gasteiger partial charge in [0.2, 0.25) is 16.0 Å². The van der Waals surface area contributed by atoms with Crippen molar-refractivity contribution in [3.05, 3.63) is 58.6 Å². The van der Waals surface area contributed by atoms with Gasteiger partial charge in [0, 0.05) is 24.2 Å². The molecule has 30 heavy (non-hydrogen) atoms. The lowest BCUT2D eigenvalue weighted by Gasteiger charge is -2.19. The lowest BCUT2D eigenvalue weighted by molar-refractivity contribution is 0.102. The van der Waals surface area contributed by atoms with E-state index < -0.39 is 15.9 Å². The lowest BCUT2D eigenvalue weighted by atomic mass is 10.1. The van der Waals surface area contributed by atoms with Gasteiger partial charge in [0.15, 0.2) is 5.82 Å². The molecule has 0 fully saturated rings. The Balaban J connectivity index is 1.87. The third-order valence-electron chi connectivity index (χ3n) is 4.64. The Labute approximate surface area is 180 Å². The number of anilines is 1. The molecule has 1 amide bonds. The van der Waals surface area contributed by atoms with Crippen LogP contribution in [0.25, 0.3) is 11.4 Å². The molecule has 1 heterocycles. The fourth-order valence-electron chi connectivity index (χ4n) is 2.98. The highest BCUT2D eigenvalue weighted by atomic mass is 35.5. The van der Waals surface area contributed by atoms with E-state index in [1.807, 2.05) is 6.07 Å². The molecule has 2 aromatic carbocycles. The summed E-state index contributed by atoms with van der Waals surface area (Å²) in [4.78, 5) is 17.1. The number of amides is 1. The monoisotopic (exact) mass is 447 g/mol. The van der Waals surface area contributed by atoms with Crippen molar-refractivity contribution in [3.63, 3.8) is 0 Å². The smallest absolute Gasteiger partial charge is 0.258 e. The molecule has 0 unspecified atom stereocenters. The van der Waals surface area contributed by atoms with E-state index in [0.29, 0.717) is 35.1 Å². The van der Waals surface area contributed by atoms with Crippen LogP contribution >= 0.6 is 11.6 Å². The van der Waals surface area contributed by atoms with Gasteiger partial charge in [-0.05, 0) is 36.8 Å². The molecule has 10 heteroatoms. The van der Waals surface area contributed by atoms with E-state index in [0.717, 1.165) is 0 Å². The van der Waals surface area contributed by atoms with Crippen molar-refractivity contribution in [2.24, 2.45) is 0 Å². The first-order chi connectivity index (χ1) is 14.3. The molecule has 3 aromatic rings. The summed E-state index contributed by atoms with van der Waals surface area (Å²) >= 11 is 6.16. The van der Waals surface area contributed by atoms with Crippen LogP contribution in [0, 0.1) is 6.92 Å². The minimum atomic E-state index is -3.68. The number of sulfonamides is 1. The summed E-state index contributed by atoms with van der Waals surface area (Å²) in [6.07, 6.45) is 0. The van der Waals surface area contributed by atoms with Crippen molar-refractivity contribution in [2.75, 3.05) is 18.4 Å². The Morgan fingerprint density at radius 2 is 1.87 bits per heavy atom. The molecule has 0 saturated heterocycles. The highest BCUT2D eigenvalue weighted by Crippen LogP contribution is 2.25. The molecule has 158 valence electrons. The number of carbonyl (C=O) groups is 1. The number of halogens is 1. The Morgan fingerprint density at radius 3 is 2.53 bits per heavy atom. The Hall–Kier alpha value is -2.75. The molecule has 8 nitrogen and oxygen atoms in total. The quantitative estimate of drug-likeness (QED) is 0.573. The number of nitrogens with one attached hydrogen (secondary N) is 2. The van der Waals surface area contributed by atoms with Crippen molar-refractivity contribution >= 4 is 33.5 Å². The van der Waals surface area contributed by atoms with Crippen LogP contribution < -0.4 is 5.32 Å². The van der Waals surface area contributed by atoms with E-state index >= 15 is 0 Å². The Morgan fingerprint density at radius 1 is 1.17 bits per heavy atom. The first-order valence-corrected chi connectivity index (χ1v) is 11.2. The number of aromatic nitrogens is 3. The minimum Gasteiger partial charge on any atom is -0.289 e. The number of hydrogen-bond donors (Lipinski definition) is 2. The molecule has 0 aliphatic rings. The molecule has 0 atom stereocenters. The van der Waals surface area contributed by atoms with Crippen LogP contribution in [-0.2, 0) is 10.0 Å². The third-order valence-corrected chi connectivity index (χ3v) is 7.01. The van der Waals surface area contributed by atoms with Gasteiger partial charge in [-0.1, -0.05) is 43.6 Å². The number of carbonyl (C=O) groups excluding carboxylic acids is 1. The van der Waals surface area contributed by atoms with Gasteiger partial charge < -0.3 is 0 Å². The van der Waals surface area contributed by atoms with Crippen molar-refractivity contribution < 1.29 is 13.2 Å². The van der Waals surface area contributed by atoms with Crippen LogP contribution in [0.5, 0.6) is 0 Å². The number of nitrogens with zero attached hydrogens (tertiary/aromatic N) is 3. The first kappa shape index (κ1) is 21.9. The summed E-state index contributed by atoms with van der Waals surface area (Å²) < 4.78 is 26.9. The Kier molecular flexibility index (Phi) is 6.55. The van der Waals surface area contributed by atoms with Crippen molar-refractivity contribution in [1.82, 2.24) is 19.5 Å². The number of H-pyrrole nitrogens is 1. The highest BCUT2D eigenvalue weighted by molar-refractivity contribution is 7.89.